The zero-order valence-corrected chi connectivity index (χ0v) is 12.6. The second-order valence-electron chi connectivity index (χ2n) is 5.20. The molecule has 4 heteroatoms. The SMILES string of the molecule is COc1cccc2ccc(CNCC3CCSC3)nc12. The van der Waals surface area contributed by atoms with E-state index < -0.39 is 0 Å². The second-order valence-corrected chi connectivity index (χ2v) is 6.34. The quantitative estimate of drug-likeness (QED) is 0.917. The fraction of sp³-hybridized carbons (Fsp3) is 0.438. The van der Waals surface area contributed by atoms with E-state index in [9.17, 15) is 0 Å². The minimum atomic E-state index is 0.829. The third kappa shape index (κ3) is 3.07. The topological polar surface area (TPSA) is 34.1 Å². The van der Waals surface area contributed by atoms with Crippen LogP contribution in [0.2, 0.25) is 0 Å². The molecule has 1 N–H and O–H groups in total. The van der Waals surface area contributed by atoms with Gasteiger partial charge in [-0.2, -0.15) is 11.8 Å². The van der Waals surface area contributed by atoms with Crippen molar-refractivity contribution < 1.29 is 4.74 Å². The van der Waals surface area contributed by atoms with E-state index in [1.165, 1.54) is 17.9 Å². The van der Waals surface area contributed by atoms with Crippen LogP contribution in [0.25, 0.3) is 10.9 Å². The molecule has 1 saturated heterocycles. The van der Waals surface area contributed by atoms with Crippen molar-refractivity contribution in [1.29, 1.82) is 0 Å². The van der Waals surface area contributed by atoms with Gasteiger partial charge in [0.05, 0.1) is 12.8 Å². The van der Waals surface area contributed by atoms with Crippen LogP contribution in [0.5, 0.6) is 5.75 Å². The number of pyridine rings is 1. The van der Waals surface area contributed by atoms with Crippen molar-refractivity contribution in [3.63, 3.8) is 0 Å². The van der Waals surface area contributed by atoms with Crippen molar-refractivity contribution in [3.8, 4) is 5.75 Å². The number of benzene rings is 1. The third-order valence-electron chi connectivity index (χ3n) is 3.72. The van der Waals surface area contributed by atoms with Gasteiger partial charge >= 0.3 is 0 Å². The zero-order chi connectivity index (χ0) is 13.8. The molecular formula is C16H20N2OS. The molecule has 0 amide bonds. The number of ether oxygens (including phenoxy) is 1. The maximum atomic E-state index is 5.38. The standard InChI is InChI=1S/C16H20N2OS/c1-19-15-4-2-3-13-5-6-14(18-16(13)15)10-17-9-12-7-8-20-11-12/h2-6,12,17H,7-11H2,1H3. The lowest BCUT2D eigenvalue weighted by Gasteiger charge is -2.10. The minimum absolute atomic E-state index is 0.829. The first kappa shape index (κ1) is 13.7. The Bertz CT molecular complexity index is 582. The number of thioether (sulfide) groups is 1. The van der Waals surface area contributed by atoms with E-state index in [1.807, 2.05) is 12.1 Å². The molecule has 106 valence electrons. The lowest BCUT2D eigenvalue weighted by atomic mass is 10.1. The Kier molecular flexibility index (Phi) is 4.43. The molecule has 1 aromatic heterocycles. The number of hydrogen-bond acceptors (Lipinski definition) is 4. The van der Waals surface area contributed by atoms with Crippen LogP contribution in [-0.4, -0.2) is 30.1 Å². The molecule has 0 saturated carbocycles. The van der Waals surface area contributed by atoms with Crippen molar-refractivity contribution >= 4 is 22.7 Å². The van der Waals surface area contributed by atoms with E-state index in [1.54, 1.807) is 7.11 Å². The Morgan fingerprint density at radius 2 is 2.30 bits per heavy atom. The molecule has 0 spiro atoms. The Morgan fingerprint density at radius 3 is 3.10 bits per heavy atom. The number of para-hydroxylation sites is 1. The first-order valence-electron chi connectivity index (χ1n) is 7.08. The minimum Gasteiger partial charge on any atom is -0.494 e. The van der Waals surface area contributed by atoms with Crippen LogP contribution in [0.4, 0.5) is 0 Å². The molecule has 1 unspecified atom stereocenters. The summed E-state index contributed by atoms with van der Waals surface area (Å²) in [4.78, 5) is 4.72. The number of nitrogens with one attached hydrogen (secondary N) is 1. The van der Waals surface area contributed by atoms with E-state index in [4.69, 9.17) is 9.72 Å². The summed E-state index contributed by atoms with van der Waals surface area (Å²) in [6, 6.07) is 10.2. The molecule has 0 aliphatic carbocycles. The van der Waals surface area contributed by atoms with Gasteiger partial charge in [0.2, 0.25) is 0 Å². The Labute approximate surface area is 124 Å². The smallest absolute Gasteiger partial charge is 0.145 e. The van der Waals surface area contributed by atoms with Gasteiger partial charge in [-0.1, -0.05) is 18.2 Å². The molecule has 3 nitrogen and oxygen atoms in total. The predicted molar refractivity (Wildman–Crippen MR) is 85.4 cm³/mol. The van der Waals surface area contributed by atoms with Crippen LogP contribution in [0.3, 0.4) is 0 Å². The van der Waals surface area contributed by atoms with Crippen molar-refractivity contribution in [2.24, 2.45) is 5.92 Å². The number of nitrogens with zero attached hydrogens (tertiary/aromatic N) is 1. The van der Waals surface area contributed by atoms with E-state index in [0.717, 1.165) is 41.4 Å². The fourth-order valence-corrected chi connectivity index (χ4v) is 3.86. The molecule has 1 atom stereocenters. The van der Waals surface area contributed by atoms with Crippen molar-refractivity contribution in [3.05, 3.63) is 36.0 Å². The molecule has 0 radical (unpaired) electrons. The molecule has 1 fully saturated rings. The van der Waals surface area contributed by atoms with Crippen LogP contribution in [0, 0.1) is 5.92 Å². The van der Waals surface area contributed by atoms with Gasteiger partial charge in [0, 0.05) is 11.9 Å². The van der Waals surface area contributed by atoms with Crippen LogP contribution in [0.15, 0.2) is 30.3 Å². The summed E-state index contributed by atoms with van der Waals surface area (Å²) >= 11 is 2.06. The summed E-state index contributed by atoms with van der Waals surface area (Å²) in [7, 11) is 1.69. The molecule has 1 aliphatic rings. The highest BCUT2D eigenvalue weighted by Crippen LogP contribution is 2.24. The first-order chi connectivity index (χ1) is 9.86. The van der Waals surface area contributed by atoms with Crippen LogP contribution in [0.1, 0.15) is 12.1 Å². The highest BCUT2D eigenvalue weighted by Gasteiger charge is 2.14. The highest BCUT2D eigenvalue weighted by molar-refractivity contribution is 7.99. The second kappa shape index (κ2) is 6.46. The third-order valence-corrected chi connectivity index (χ3v) is 4.96. The van der Waals surface area contributed by atoms with E-state index in [0.29, 0.717) is 0 Å². The van der Waals surface area contributed by atoms with Crippen LogP contribution in [-0.2, 0) is 6.54 Å². The Hall–Kier alpha value is -1.26. The number of rotatable bonds is 5. The average molecular weight is 288 g/mol. The molecular weight excluding hydrogens is 268 g/mol. The van der Waals surface area contributed by atoms with Gasteiger partial charge in [-0.3, -0.25) is 0 Å². The van der Waals surface area contributed by atoms with E-state index in [2.05, 4.69) is 35.3 Å². The summed E-state index contributed by atoms with van der Waals surface area (Å²) in [5.74, 6) is 4.29. The van der Waals surface area contributed by atoms with Crippen molar-refractivity contribution in [2.45, 2.75) is 13.0 Å². The van der Waals surface area contributed by atoms with Gasteiger partial charge < -0.3 is 10.1 Å². The summed E-state index contributed by atoms with van der Waals surface area (Å²) in [5, 5.41) is 4.65. The Morgan fingerprint density at radius 1 is 1.35 bits per heavy atom. The largest absolute Gasteiger partial charge is 0.494 e. The van der Waals surface area contributed by atoms with Gasteiger partial charge in [0.15, 0.2) is 0 Å². The van der Waals surface area contributed by atoms with Crippen LogP contribution >= 0.6 is 11.8 Å². The molecule has 0 bridgehead atoms. The number of aromatic nitrogens is 1. The fourth-order valence-electron chi connectivity index (χ4n) is 2.57. The highest BCUT2D eigenvalue weighted by atomic mass is 32.2. The molecule has 1 aromatic carbocycles. The van der Waals surface area contributed by atoms with Crippen molar-refractivity contribution in [1.82, 2.24) is 10.3 Å². The van der Waals surface area contributed by atoms with E-state index >= 15 is 0 Å². The molecule has 2 heterocycles. The van der Waals surface area contributed by atoms with E-state index in [-0.39, 0.29) is 0 Å². The lowest BCUT2D eigenvalue weighted by molar-refractivity contribution is 0.418. The predicted octanol–water partition coefficient (Wildman–Crippen LogP) is 3.09. The van der Waals surface area contributed by atoms with Crippen LogP contribution < -0.4 is 10.1 Å². The summed E-state index contributed by atoms with van der Waals surface area (Å²) in [5.41, 5.74) is 2.03. The summed E-state index contributed by atoms with van der Waals surface area (Å²) in [6.07, 6.45) is 1.34. The number of methoxy groups -OCH3 is 1. The molecule has 3 rings (SSSR count). The Balaban J connectivity index is 1.68. The molecule has 20 heavy (non-hydrogen) atoms. The molecule has 1 aliphatic heterocycles. The number of hydrogen-bond donors (Lipinski definition) is 1. The normalized spacial score (nSPS) is 18.6. The van der Waals surface area contributed by atoms with Gasteiger partial charge in [-0.25, -0.2) is 4.98 Å². The molecule has 2 aromatic rings. The van der Waals surface area contributed by atoms with Crippen molar-refractivity contribution in [2.75, 3.05) is 25.2 Å². The summed E-state index contributed by atoms with van der Waals surface area (Å²) in [6.45, 7) is 1.92. The van der Waals surface area contributed by atoms with Gasteiger partial charge in [-0.05, 0) is 42.5 Å². The number of fused-ring (bicyclic) bond motifs is 1. The lowest BCUT2D eigenvalue weighted by Crippen LogP contribution is -2.22. The van der Waals surface area contributed by atoms with Gasteiger partial charge in [-0.15, -0.1) is 0 Å². The maximum absolute atomic E-state index is 5.38. The first-order valence-corrected chi connectivity index (χ1v) is 8.23. The average Bonchev–Trinajstić information content (AvgIpc) is 3.00. The zero-order valence-electron chi connectivity index (χ0n) is 11.8. The monoisotopic (exact) mass is 288 g/mol. The summed E-state index contributed by atoms with van der Waals surface area (Å²) < 4.78 is 5.38. The van der Waals surface area contributed by atoms with Gasteiger partial charge in [0.1, 0.15) is 11.3 Å². The van der Waals surface area contributed by atoms with Gasteiger partial charge in [0.25, 0.3) is 0 Å². The maximum Gasteiger partial charge on any atom is 0.145 e.